The molecule has 1 N–H and O–H groups in total. The molecule has 0 amide bonds. The van der Waals surface area contributed by atoms with Crippen molar-refractivity contribution in [3.8, 4) is 5.69 Å². The van der Waals surface area contributed by atoms with E-state index in [1.807, 2.05) is 6.07 Å². The average Bonchev–Trinajstić information content (AvgIpc) is 2.97. The van der Waals surface area contributed by atoms with Crippen LogP contribution in [-0.2, 0) is 6.54 Å². The van der Waals surface area contributed by atoms with E-state index in [1.165, 1.54) is 4.68 Å². The summed E-state index contributed by atoms with van der Waals surface area (Å²) in [4.78, 5) is 3.94. The van der Waals surface area contributed by atoms with E-state index in [0.717, 1.165) is 5.56 Å². The molecule has 0 unspecified atom stereocenters. The molecule has 2 aromatic heterocycles. The molecule has 0 saturated carbocycles. The van der Waals surface area contributed by atoms with Gasteiger partial charge in [0.1, 0.15) is 0 Å². The van der Waals surface area contributed by atoms with Crippen molar-refractivity contribution in [2.24, 2.45) is 0 Å². The van der Waals surface area contributed by atoms with Gasteiger partial charge in [-0.15, -0.1) is 0 Å². The zero-order valence-corrected chi connectivity index (χ0v) is 13.3. The summed E-state index contributed by atoms with van der Waals surface area (Å²) in [5.41, 5.74) is 1.46. The molecule has 9 heteroatoms. The third-order valence-corrected chi connectivity index (χ3v) is 4.07. The Balaban J connectivity index is 1.87. The molecule has 3 rings (SSSR count). The lowest BCUT2D eigenvalue weighted by atomic mass is 10.3. The van der Waals surface area contributed by atoms with E-state index in [-0.39, 0.29) is 0 Å². The molecule has 3 aromatic rings. The van der Waals surface area contributed by atoms with Crippen LogP contribution in [-0.4, -0.2) is 25.2 Å². The second-order valence-electron chi connectivity index (χ2n) is 4.31. The Morgan fingerprint density at radius 2 is 1.95 bits per heavy atom. The zero-order chi connectivity index (χ0) is 15.5. The molecule has 0 aliphatic heterocycles. The fraction of sp³-hybridized carbons (Fsp3) is 0.0769. The SMILES string of the molecule is Clc1cnccc1CNc1nnnn1-c1cccc(Cl)c1Cl. The Hall–Kier alpha value is -1.89. The number of rotatable bonds is 4. The van der Waals surface area contributed by atoms with Crippen molar-refractivity contribution >= 4 is 40.8 Å². The van der Waals surface area contributed by atoms with Gasteiger partial charge in [-0.3, -0.25) is 4.98 Å². The molecule has 112 valence electrons. The van der Waals surface area contributed by atoms with Crippen LogP contribution >= 0.6 is 34.8 Å². The lowest BCUT2D eigenvalue weighted by Crippen LogP contribution is -2.08. The van der Waals surface area contributed by atoms with Crippen LogP contribution < -0.4 is 5.32 Å². The predicted octanol–water partition coefficient (Wildman–Crippen LogP) is 3.63. The summed E-state index contributed by atoms with van der Waals surface area (Å²) >= 11 is 18.3. The van der Waals surface area contributed by atoms with E-state index in [4.69, 9.17) is 34.8 Å². The van der Waals surface area contributed by atoms with Gasteiger partial charge >= 0.3 is 0 Å². The van der Waals surface area contributed by atoms with Crippen LogP contribution in [0.25, 0.3) is 5.69 Å². The molecular weight excluding hydrogens is 347 g/mol. The molecule has 0 fully saturated rings. The van der Waals surface area contributed by atoms with Crippen LogP contribution in [0.2, 0.25) is 15.1 Å². The fourth-order valence-electron chi connectivity index (χ4n) is 1.84. The number of nitrogens with one attached hydrogen (secondary N) is 1. The maximum absolute atomic E-state index is 6.19. The van der Waals surface area contributed by atoms with Gasteiger partial charge in [0, 0.05) is 18.9 Å². The minimum atomic E-state index is 0.376. The van der Waals surface area contributed by atoms with Crippen LogP contribution in [0.4, 0.5) is 5.95 Å². The highest BCUT2D eigenvalue weighted by Crippen LogP contribution is 2.29. The Bertz CT molecular complexity index is 804. The summed E-state index contributed by atoms with van der Waals surface area (Å²) in [7, 11) is 0. The summed E-state index contributed by atoms with van der Waals surface area (Å²) < 4.78 is 1.48. The summed E-state index contributed by atoms with van der Waals surface area (Å²) in [6.45, 7) is 0.444. The van der Waals surface area contributed by atoms with Crippen molar-refractivity contribution in [2.45, 2.75) is 6.54 Å². The highest BCUT2D eigenvalue weighted by molar-refractivity contribution is 6.43. The van der Waals surface area contributed by atoms with Crippen molar-refractivity contribution in [2.75, 3.05) is 5.32 Å². The molecule has 0 saturated heterocycles. The molecule has 0 aliphatic carbocycles. The molecule has 2 heterocycles. The number of nitrogens with zero attached hydrogens (tertiary/aromatic N) is 5. The van der Waals surface area contributed by atoms with Gasteiger partial charge in [-0.25, -0.2) is 0 Å². The molecule has 0 radical (unpaired) electrons. The number of halogens is 3. The van der Waals surface area contributed by atoms with Crippen molar-refractivity contribution in [3.63, 3.8) is 0 Å². The van der Waals surface area contributed by atoms with E-state index >= 15 is 0 Å². The highest BCUT2D eigenvalue weighted by Gasteiger charge is 2.13. The van der Waals surface area contributed by atoms with Gasteiger partial charge in [-0.05, 0) is 34.2 Å². The van der Waals surface area contributed by atoms with Crippen molar-refractivity contribution in [1.29, 1.82) is 0 Å². The van der Waals surface area contributed by atoms with Gasteiger partial charge in [-0.2, -0.15) is 4.68 Å². The number of pyridine rings is 1. The normalized spacial score (nSPS) is 10.7. The topological polar surface area (TPSA) is 68.5 Å². The molecule has 1 aromatic carbocycles. The number of tetrazole rings is 1. The Kier molecular flexibility index (Phi) is 4.42. The summed E-state index contributed by atoms with van der Waals surface area (Å²) in [5.74, 6) is 0.428. The maximum atomic E-state index is 6.19. The van der Waals surface area contributed by atoms with E-state index < -0.39 is 0 Å². The first-order chi connectivity index (χ1) is 10.7. The average molecular weight is 356 g/mol. The van der Waals surface area contributed by atoms with Crippen LogP contribution in [0.3, 0.4) is 0 Å². The summed E-state index contributed by atoms with van der Waals surface area (Å²) in [6.07, 6.45) is 3.25. The van der Waals surface area contributed by atoms with E-state index in [2.05, 4.69) is 25.8 Å². The van der Waals surface area contributed by atoms with Crippen LogP contribution in [0.5, 0.6) is 0 Å². The van der Waals surface area contributed by atoms with Gasteiger partial charge in [-0.1, -0.05) is 46.0 Å². The van der Waals surface area contributed by atoms with Gasteiger partial charge < -0.3 is 5.32 Å². The largest absolute Gasteiger partial charge is 0.349 e. The molecule has 0 atom stereocenters. The quantitative estimate of drug-likeness (QED) is 0.774. The Morgan fingerprint density at radius 3 is 2.77 bits per heavy atom. The third kappa shape index (κ3) is 2.99. The number of aromatic nitrogens is 5. The lowest BCUT2D eigenvalue weighted by molar-refractivity contribution is 0.789. The second-order valence-corrected chi connectivity index (χ2v) is 5.50. The van der Waals surface area contributed by atoms with Crippen LogP contribution in [0.15, 0.2) is 36.7 Å². The first-order valence-corrected chi connectivity index (χ1v) is 7.35. The van der Waals surface area contributed by atoms with Crippen LogP contribution in [0, 0.1) is 0 Å². The van der Waals surface area contributed by atoms with Crippen LogP contribution in [0.1, 0.15) is 5.56 Å². The fourth-order valence-corrected chi connectivity index (χ4v) is 2.40. The number of anilines is 1. The lowest BCUT2D eigenvalue weighted by Gasteiger charge is -2.09. The highest BCUT2D eigenvalue weighted by atomic mass is 35.5. The molecule has 0 bridgehead atoms. The van der Waals surface area contributed by atoms with Crippen molar-refractivity contribution in [3.05, 3.63) is 57.3 Å². The van der Waals surface area contributed by atoms with E-state index in [0.29, 0.717) is 33.2 Å². The molecule has 6 nitrogen and oxygen atoms in total. The van der Waals surface area contributed by atoms with E-state index in [1.54, 1.807) is 30.6 Å². The monoisotopic (exact) mass is 354 g/mol. The smallest absolute Gasteiger partial charge is 0.248 e. The van der Waals surface area contributed by atoms with Crippen molar-refractivity contribution in [1.82, 2.24) is 25.2 Å². The van der Waals surface area contributed by atoms with Gasteiger partial charge in [0.15, 0.2) is 0 Å². The maximum Gasteiger partial charge on any atom is 0.248 e. The minimum Gasteiger partial charge on any atom is -0.349 e. The minimum absolute atomic E-state index is 0.376. The first-order valence-electron chi connectivity index (χ1n) is 6.22. The van der Waals surface area contributed by atoms with E-state index in [9.17, 15) is 0 Å². The van der Waals surface area contributed by atoms with Gasteiger partial charge in [0.05, 0.1) is 20.8 Å². The second kappa shape index (κ2) is 6.48. The van der Waals surface area contributed by atoms with Gasteiger partial charge in [0.25, 0.3) is 0 Å². The summed E-state index contributed by atoms with van der Waals surface area (Å²) in [5, 5.41) is 16.0. The molecule has 0 aliphatic rings. The number of hydrogen-bond donors (Lipinski definition) is 1. The predicted molar refractivity (Wildman–Crippen MR) is 85.7 cm³/mol. The Morgan fingerprint density at radius 1 is 1.09 bits per heavy atom. The molecular formula is C13H9Cl3N6. The molecule has 0 spiro atoms. The van der Waals surface area contributed by atoms with Gasteiger partial charge in [0.2, 0.25) is 5.95 Å². The summed E-state index contributed by atoms with van der Waals surface area (Å²) in [6, 6.07) is 7.06. The Labute approximate surface area is 141 Å². The number of benzene rings is 1. The first kappa shape index (κ1) is 15.0. The standard InChI is InChI=1S/C13H9Cl3N6/c14-9-2-1-3-11(12(9)16)22-13(19-20-21-22)18-6-8-4-5-17-7-10(8)15/h1-5,7H,6H2,(H,18,19,21). The zero-order valence-electron chi connectivity index (χ0n) is 11.0. The third-order valence-electron chi connectivity index (χ3n) is 2.92. The molecule has 22 heavy (non-hydrogen) atoms. The van der Waals surface area contributed by atoms with Crippen molar-refractivity contribution < 1.29 is 0 Å². The number of hydrogen-bond acceptors (Lipinski definition) is 5.